The zero-order valence-corrected chi connectivity index (χ0v) is 15.0. The Kier molecular flexibility index (Phi) is 4.54. The first-order valence-electron chi connectivity index (χ1n) is 8.80. The topological polar surface area (TPSA) is 71.3 Å². The molecule has 1 saturated heterocycles. The van der Waals surface area contributed by atoms with Gasteiger partial charge in [0.1, 0.15) is 0 Å². The third-order valence-corrected chi connectivity index (χ3v) is 4.76. The van der Waals surface area contributed by atoms with Crippen molar-refractivity contribution >= 4 is 17.0 Å². The maximum absolute atomic E-state index is 13.5. The van der Waals surface area contributed by atoms with E-state index in [0.717, 1.165) is 6.07 Å². The summed E-state index contributed by atoms with van der Waals surface area (Å²) < 4.78 is 45.6. The molecule has 146 valence electrons. The van der Waals surface area contributed by atoms with Crippen LogP contribution in [-0.2, 0) is 6.18 Å². The van der Waals surface area contributed by atoms with Gasteiger partial charge in [0.2, 0.25) is 0 Å². The monoisotopic (exact) mass is 390 g/mol. The van der Waals surface area contributed by atoms with Crippen LogP contribution in [0.2, 0.25) is 0 Å². The number of nitrogens with zero attached hydrogens (tertiary/aromatic N) is 3. The Labute approximate surface area is 158 Å². The van der Waals surface area contributed by atoms with E-state index in [0.29, 0.717) is 37.3 Å². The summed E-state index contributed by atoms with van der Waals surface area (Å²) in [5.74, 6) is -0.272. The first-order valence-corrected chi connectivity index (χ1v) is 8.80. The van der Waals surface area contributed by atoms with E-state index < -0.39 is 11.7 Å². The van der Waals surface area contributed by atoms with Gasteiger partial charge in [-0.2, -0.15) is 13.2 Å². The molecule has 6 nitrogen and oxygen atoms in total. The van der Waals surface area contributed by atoms with Crippen LogP contribution in [0.4, 0.5) is 13.2 Å². The number of fused-ring (bicyclic) bond motifs is 1. The third kappa shape index (κ3) is 3.22. The van der Waals surface area contributed by atoms with Gasteiger partial charge in [-0.25, -0.2) is 4.98 Å². The lowest BCUT2D eigenvalue weighted by Gasteiger charge is -2.27. The Morgan fingerprint density at radius 1 is 1.21 bits per heavy atom. The van der Waals surface area contributed by atoms with E-state index in [1.165, 1.54) is 24.3 Å². The van der Waals surface area contributed by atoms with Crippen LogP contribution in [0.25, 0.3) is 22.4 Å². The number of amides is 1. The number of pyridine rings is 1. The number of aromatic nitrogens is 2. The van der Waals surface area contributed by atoms with E-state index in [1.807, 2.05) is 0 Å². The van der Waals surface area contributed by atoms with Crippen LogP contribution >= 0.6 is 0 Å². The maximum atomic E-state index is 13.5. The lowest BCUT2D eigenvalue weighted by Crippen LogP contribution is -2.46. The number of hydrogen-bond acceptors (Lipinski definition) is 5. The quantitative estimate of drug-likeness (QED) is 0.727. The zero-order valence-electron chi connectivity index (χ0n) is 15.0. The fourth-order valence-electron chi connectivity index (χ4n) is 3.39. The van der Waals surface area contributed by atoms with Gasteiger partial charge in [0.15, 0.2) is 0 Å². The van der Waals surface area contributed by atoms with Gasteiger partial charge >= 0.3 is 6.18 Å². The van der Waals surface area contributed by atoms with Crippen LogP contribution in [0.1, 0.15) is 21.6 Å². The molecule has 1 fully saturated rings. The maximum Gasteiger partial charge on any atom is 0.417 e. The minimum absolute atomic E-state index is 0.0232. The summed E-state index contributed by atoms with van der Waals surface area (Å²) in [6, 6.07) is 6.54. The van der Waals surface area contributed by atoms with Crippen LogP contribution in [0.3, 0.4) is 0 Å². The number of rotatable bonds is 2. The molecule has 1 amide bonds. The minimum Gasteiger partial charge on any atom is -0.336 e. The molecule has 0 bridgehead atoms. The van der Waals surface area contributed by atoms with Gasteiger partial charge < -0.3 is 14.7 Å². The summed E-state index contributed by atoms with van der Waals surface area (Å²) in [5.41, 5.74) is -0.145. The SMILES string of the molecule is Cc1noc2nc(-c3ccccc3C(F)(F)F)cc(C(=O)N3CCNCC3)c12. The fourth-order valence-corrected chi connectivity index (χ4v) is 3.39. The Balaban J connectivity index is 1.90. The average Bonchev–Trinajstić information content (AvgIpc) is 3.08. The summed E-state index contributed by atoms with van der Waals surface area (Å²) in [6.07, 6.45) is -4.55. The van der Waals surface area contributed by atoms with Crippen molar-refractivity contribution in [1.82, 2.24) is 20.4 Å². The number of carbonyl (C=O) groups excluding carboxylic acids is 1. The predicted octanol–water partition coefficient (Wildman–Crippen LogP) is 3.26. The molecule has 1 aliphatic heterocycles. The number of carbonyl (C=O) groups is 1. The first kappa shape index (κ1) is 18.4. The van der Waals surface area contributed by atoms with Gasteiger partial charge in [0, 0.05) is 31.7 Å². The highest BCUT2D eigenvalue weighted by Crippen LogP contribution is 2.37. The summed E-state index contributed by atoms with van der Waals surface area (Å²) in [7, 11) is 0. The summed E-state index contributed by atoms with van der Waals surface area (Å²) in [6.45, 7) is 4.02. The standard InChI is InChI=1S/C19H17F3N4O2/c1-11-16-13(18(27)26-8-6-23-7-9-26)10-15(24-17(16)28-25-11)12-4-2-3-5-14(12)19(20,21)22/h2-5,10,23H,6-9H2,1H3. The van der Waals surface area contributed by atoms with Gasteiger partial charge in [0.05, 0.1) is 27.9 Å². The second kappa shape index (κ2) is 6.90. The number of piperazine rings is 1. The smallest absolute Gasteiger partial charge is 0.336 e. The Hall–Kier alpha value is -2.94. The molecule has 0 radical (unpaired) electrons. The molecule has 1 aromatic carbocycles. The van der Waals surface area contributed by atoms with Crippen molar-refractivity contribution < 1.29 is 22.5 Å². The lowest BCUT2D eigenvalue weighted by molar-refractivity contribution is -0.137. The number of hydrogen-bond donors (Lipinski definition) is 1. The van der Waals surface area contributed by atoms with Crippen LogP contribution < -0.4 is 5.32 Å². The molecule has 9 heteroatoms. The van der Waals surface area contributed by atoms with Crippen molar-refractivity contribution in [3.63, 3.8) is 0 Å². The number of halogens is 3. The van der Waals surface area contributed by atoms with Crippen molar-refractivity contribution in [1.29, 1.82) is 0 Å². The fraction of sp³-hybridized carbons (Fsp3) is 0.316. The second-order valence-corrected chi connectivity index (χ2v) is 6.59. The van der Waals surface area contributed by atoms with E-state index in [-0.39, 0.29) is 28.4 Å². The molecule has 0 saturated carbocycles. The van der Waals surface area contributed by atoms with Gasteiger partial charge in [0.25, 0.3) is 11.6 Å². The Bertz CT molecular complexity index is 1040. The third-order valence-electron chi connectivity index (χ3n) is 4.76. The van der Waals surface area contributed by atoms with Crippen molar-refractivity contribution in [2.24, 2.45) is 0 Å². The molecule has 1 N–H and O–H groups in total. The number of alkyl halides is 3. The molecule has 0 aliphatic carbocycles. The molecule has 0 unspecified atom stereocenters. The van der Waals surface area contributed by atoms with E-state index >= 15 is 0 Å². The highest BCUT2D eigenvalue weighted by molar-refractivity contribution is 6.07. The molecule has 2 aromatic heterocycles. The van der Waals surface area contributed by atoms with Crippen LogP contribution in [0.5, 0.6) is 0 Å². The molecule has 1 aliphatic rings. The second-order valence-electron chi connectivity index (χ2n) is 6.59. The molecule has 28 heavy (non-hydrogen) atoms. The number of nitrogens with one attached hydrogen (secondary N) is 1. The molecule has 0 atom stereocenters. The molecule has 0 spiro atoms. The normalized spacial score (nSPS) is 15.2. The van der Waals surface area contributed by atoms with Crippen molar-refractivity contribution in [3.05, 3.63) is 47.2 Å². The molecular weight excluding hydrogens is 373 g/mol. The molecular formula is C19H17F3N4O2. The van der Waals surface area contributed by atoms with E-state index in [2.05, 4.69) is 15.5 Å². The molecule has 3 heterocycles. The Morgan fingerprint density at radius 2 is 1.93 bits per heavy atom. The summed E-state index contributed by atoms with van der Waals surface area (Å²) >= 11 is 0. The minimum atomic E-state index is -4.55. The Morgan fingerprint density at radius 3 is 2.64 bits per heavy atom. The summed E-state index contributed by atoms with van der Waals surface area (Å²) in [4.78, 5) is 19.0. The van der Waals surface area contributed by atoms with E-state index in [1.54, 1.807) is 11.8 Å². The first-order chi connectivity index (χ1) is 13.4. The van der Waals surface area contributed by atoms with Crippen LogP contribution in [-0.4, -0.2) is 47.1 Å². The van der Waals surface area contributed by atoms with Crippen molar-refractivity contribution in [2.45, 2.75) is 13.1 Å². The van der Waals surface area contributed by atoms with Crippen LogP contribution in [0, 0.1) is 6.92 Å². The van der Waals surface area contributed by atoms with Crippen molar-refractivity contribution in [3.8, 4) is 11.3 Å². The van der Waals surface area contributed by atoms with Crippen molar-refractivity contribution in [2.75, 3.05) is 26.2 Å². The predicted molar refractivity (Wildman–Crippen MR) is 95.8 cm³/mol. The lowest BCUT2D eigenvalue weighted by atomic mass is 10.00. The van der Waals surface area contributed by atoms with E-state index in [9.17, 15) is 18.0 Å². The number of aryl methyl sites for hydroxylation is 1. The molecule has 3 aromatic rings. The summed E-state index contributed by atoms with van der Waals surface area (Å²) in [5, 5.41) is 7.44. The zero-order chi connectivity index (χ0) is 19.9. The molecule has 4 rings (SSSR count). The number of benzene rings is 1. The van der Waals surface area contributed by atoms with Gasteiger partial charge in [-0.3, -0.25) is 4.79 Å². The average molecular weight is 390 g/mol. The van der Waals surface area contributed by atoms with Crippen LogP contribution in [0.15, 0.2) is 34.9 Å². The van der Waals surface area contributed by atoms with E-state index in [4.69, 9.17) is 4.52 Å². The highest BCUT2D eigenvalue weighted by atomic mass is 19.4. The van der Waals surface area contributed by atoms with Gasteiger partial charge in [-0.05, 0) is 19.1 Å². The van der Waals surface area contributed by atoms with Gasteiger partial charge in [-0.1, -0.05) is 23.4 Å². The highest BCUT2D eigenvalue weighted by Gasteiger charge is 2.34. The largest absolute Gasteiger partial charge is 0.417 e. The van der Waals surface area contributed by atoms with Gasteiger partial charge in [-0.15, -0.1) is 0 Å².